The number of benzene rings is 1. The first-order valence-corrected chi connectivity index (χ1v) is 5.87. The van der Waals surface area contributed by atoms with Gasteiger partial charge in [0.15, 0.2) is 0 Å². The number of amides is 1. The zero-order chi connectivity index (χ0) is 11.4. The van der Waals surface area contributed by atoms with Crippen molar-refractivity contribution in [1.82, 2.24) is 10.2 Å². The second kappa shape index (κ2) is 5.12. The van der Waals surface area contributed by atoms with Gasteiger partial charge in [-0.1, -0.05) is 30.3 Å². The summed E-state index contributed by atoms with van der Waals surface area (Å²) in [4.78, 5) is 13.7. The Morgan fingerprint density at radius 3 is 2.75 bits per heavy atom. The maximum atomic E-state index is 11.8. The van der Waals surface area contributed by atoms with Crippen molar-refractivity contribution in [3.63, 3.8) is 0 Å². The highest BCUT2D eigenvalue weighted by molar-refractivity contribution is 5.83. The topological polar surface area (TPSA) is 32.3 Å². The summed E-state index contributed by atoms with van der Waals surface area (Å²) in [6.45, 7) is 3.52. The van der Waals surface area contributed by atoms with E-state index in [-0.39, 0.29) is 11.9 Å². The van der Waals surface area contributed by atoms with Gasteiger partial charge in [-0.3, -0.25) is 10.1 Å². The van der Waals surface area contributed by atoms with Crippen LogP contribution >= 0.6 is 0 Å². The second-order valence-electron chi connectivity index (χ2n) is 4.13. The Morgan fingerprint density at radius 1 is 1.38 bits per heavy atom. The lowest BCUT2D eigenvalue weighted by atomic mass is 10.1. The number of carbonyl (C=O) groups excluding carboxylic acids is 1. The molecule has 1 aliphatic heterocycles. The number of aryl methyl sites for hydroxylation is 1. The Balaban J connectivity index is 1.86. The fourth-order valence-corrected chi connectivity index (χ4v) is 2.05. The van der Waals surface area contributed by atoms with Crippen LogP contribution in [0.2, 0.25) is 0 Å². The van der Waals surface area contributed by atoms with Crippen LogP contribution in [-0.2, 0) is 11.2 Å². The SMILES string of the molecule is CCN1CNC(CCc2ccccc2)C1=O. The Labute approximate surface area is 96.5 Å². The van der Waals surface area contributed by atoms with E-state index in [2.05, 4.69) is 17.4 Å². The molecule has 0 aromatic heterocycles. The van der Waals surface area contributed by atoms with Crippen LogP contribution in [0.4, 0.5) is 0 Å². The number of hydrogen-bond acceptors (Lipinski definition) is 2. The molecule has 1 N–H and O–H groups in total. The van der Waals surface area contributed by atoms with Crippen molar-refractivity contribution >= 4 is 5.91 Å². The van der Waals surface area contributed by atoms with Gasteiger partial charge in [0.05, 0.1) is 12.7 Å². The van der Waals surface area contributed by atoms with Crippen LogP contribution in [0.1, 0.15) is 18.9 Å². The van der Waals surface area contributed by atoms with Crippen LogP contribution in [0.5, 0.6) is 0 Å². The molecule has 0 spiro atoms. The molecule has 1 aromatic carbocycles. The first-order chi connectivity index (χ1) is 7.81. The number of hydrogen-bond donors (Lipinski definition) is 1. The lowest BCUT2D eigenvalue weighted by molar-refractivity contribution is -0.128. The summed E-state index contributed by atoms with van der Waals surface area (Å²) >= 11 is 0. The summed E-state index contributed by atoms with van der Waals surface area (Å²) < 4.78 is 0. The minimum Gasteiger partial charge on any atom is -0.329 e. The first-order valence-electron chi connectivity index (χ1n) is 5.87. The van der Waals surface area contributed by atoms with Crippen LogP contribution in [0.15, 0.2) is 30.3 Å². The van der Waals surface area contributed by atoms with Gasteiger partial charge in [0.2, 0.25) is 5.91 Å². The highest BCUT2D eigenvalue weighted by Crippen LogP contribution is 2.10. The summed E-state index contributed by atoms with van der Waals surface area (Å²) in [7, 11) is 0. The molecule has 1 saturated heterocycles. The molecule has 86 valence electrons. The van der Waals surface area contributed by atoms with Gasteiger partial charge in [-0.2, -0.15) is 0 Å². The predicted molar refractivity (Wildman–Crippen MR) is 63.9 cm³/mol. The van der Waals surface area contributed by atoms with Gasteiger partial charge >= 0.3 is 0 Å². The van der Waals surface area contributed by atoms with Gasteiger partial charge in [-0.25, -0.2) is 0 Å². The molecule has 0 radical (unpaired) electrons. The normalized spacial score (nSPS) is 20.4. The maximum absolute atomic E-state index is 11.8. The molecule has 1 heterocycles. The molecule has 1 aromatic rings. The molecule has 0 aliphatic carbocycles. The number of likely N-dealkylation sites (N-methyl/N-ethyl adjacent to an activating group) is 1. The minimum absolute atomic E-state index is 0.0140. The van der Waals surface area contributed by atoms with Gasteiger partial charge in [-0.15, -0.1) is 0 Å². The molecular weight excluding hydrogens is 200 g/mol. The summed E-state index contributed by atoms with van der Waals surface area (Å²) in [5, 5.41) is 3.25. The minimum atomic E-state index is 0.0140. The average Bonchev–Trinajstić information content (AvgIpc) is 2.69. The summed E-state index contributed by atoms with van der Waals surface area (Å²) in [6, 6.07) is 10.3. The molecule has 0 saturated carbocycles. The molecule has 0 bridgehead atoms. The molecule has 1 aliphatic rings. The predicted octanol–water partition coefficient (Wildman–Crippen LogP) is 1.40. The third-order valence-corrected chi connectivity index (χ3v) is 3.08. The van der Waals surface area contributed by atoms with E-state index in [0.717, 1.165) is 19.4 Å². The van der Waals surface area contributed by atoms with Crippen molar-refractivity contribution in [2.45, 2.75) is 25.8 Å². The van der Waals surface area contributed by atoms with Crippen LogP contribution in [0, 0.1) is 0 Å². The molecule has 2 rings (SSSR count). The zero-order valence-corrected chi connectivity index (χ0v) is 9.65. The largest absolute Gasteiger partial charge is 0.329 e. The molecule has 1 atom stereocenters. The lowest BCUT2D eigenvalue weighted by Crippen LogP contribution is -2.30. The van der Waals surface area contributed by atoms with Crippen LogP contribution in [-0.4, -0.2) is 30.1 Å². The molecule has 3 heteroatoms. The Bertz CT molecular complexity index is 350. The third-order valence-electron chi connectivity index (χ3n) is 3.08. The van der Waals surface area contributed by atoms with Crippen LogP contribution in [0.25, 0.3) is 0 Å². The molecule has 3 nitrogen and oxygen atoms in total. The first kappa shape index (κ1) is 11.1. The number of carbonyl (C=O) groups is 1. The number of nitrogens with zero attached hydrogens (tertiary/aromatic N) is 1. The highest BCUT2D eigenvalue weighted by Gasteiger charge is 2.29. The second-order valence-corrected chi connectivity index (χ2v) is 4.13. The van der Waals surface area contributed by atoms with Gasteiger partial charge in [0.25, 0.3) is 0 Å². The Hall–Kier alpha value is -1.35. The van der Waals surface area contributed by atoms with E-state index in [1.54, 1.807) is 0 Å². The monoisotopic (exact) mass is 218 g/mol. The van der Waals surface area contributed by atoms with Gasteiger partial charge in [0.1, 0.15) is 0 Å². The van der Waals surface area contributed by atoms with Crippen molar-refractivity contribution in [3.05, 3.63) is 35.9 Å². The van der Waals surface area contributed by atoms with E-state index in [9.17, 15) is 4.79 Å². The van der Waals surface area contributed by atoms with E-state index in [0.29, 0.717) is 6.67 Å². The van der Waals surface area contributed by atoms with E-state index in [4.69, 9.17) is 0 Å². The lowest BCUT2D eigenvalue weighted by Gasteiger charge is -2.11. The highest BCUT2D eigenvalue weighted by atomic mass is 16.2. The van der Waals surface area contributed by atoms with E-state index < -0.39 is 0 Å². The summed E-state index contributed by atoms with van der Waals surface area (Å²) in [5.74, 6) is 0.249. The van der Waals surface area contributed by atoms with Crippen molar-refractivity contribution < 1.29 is 4.79 Å². The van der Waals surface area contributed by atoms with Gasteiger partial charge in [-0.05, 0) is 25.3 Å². The summed E-state index contributed by atoms with van der Waals surface area (Å²) in [6.07, 6.45) is 1.85. The molecular formula is C13H18N2O. The van der Waals surface area contributed by atoms with Crippen LogP contribution in [0.3, 0.4) is 0 Å². The fraction of sp³-hybridized carbons (Fsp3) is 0.462. The fourth-order valence-electron chi connectivity index (χ4n) is 2.05. The number of rotatable bonds is 4. The van der Waals surface area contributed by atoms with Crippen molar-refractivity contribution in [2.24, 2.45) is 0 Å². The Morgan fingerprint density at radius 2 is 2.12 bits per heavy atom. The molecule has 16 heavy (non-hydrogen) atoms. The Kier molecular flexibility index (Phi) is 3.57. The maximum Gasteiger partial charge on any atom is 0.240 e. The van der Waals surface area contributed by atoms with E-state index in [1.165, 1.54) is 5.56 Å². The van der Waals surface area contributed by atoms with E-state index >= 15 is 0 Å². The van der Waals surface area contributed by atoms with Crippen LogP contribution < -0.4 is 5.32 Å². The van der Waals surface area contributed by atoms with Gasteiger partial charge < -0.3 is 4.90 Å². The van der Waals surface area contributed by atoms with Crippen molar-refractivity contribution in [2.75, 3.05) is 13.2 Å². The van der Waals surface area contributed by atoms with Crippen molar-refractivity contribution in [1.29, 1.82) is 0 Å². The molecule has 1 unspecified atom stereocenters. The average molecular weight is 218 g/mol. The molecule has 1 amide bonds. The third kappa shape index (κ3) is 2.42. The summed E-state index contributed by atoms with van der Waals surface area (Å²) in [5.41, 5.74) is 1.30. The van der Waals surface area contributed by atoms with Crippen molar-refractivity contribution in [3.8, 4) is 0 Å². The standard InChI is InChI=1S/C13H18N2O/c1-2-15-10-14-12(13(15)16)9-8-11-6-4-3-5-7-11/h3-7,12,14H,2,8-10H2,1H3. The quantitative estimate of drug-likeness (QED) is 0.828. The van der Waals surface area contributed by atoms with Gasteiger partial charge in [0, 0.05) is 6.54 Å². The molecule has 1 fully saturated rings. The smallest absolute Gasteiger partial charge is 0.240 e. The number of nitrogens with one attached hydrogen (secondary N) is 1. The zero-order valence-electron chi connectivity index (χ0n) is 9.65. The van der Waals surface area contributed by atoms with E-state index in [1.807, 2.05) is 30.0 Å².